The second-order valence-electron chi connectivity index (χ2n) is 19.0. The molecule has 6 nitrogen and oxygen atoms in total. The molecular formula is C47H68O6. The average Bonchev–Trinajstić information content (AvgIpc) is 3.59. The maximum absolute atomic E-state index is 14.2. The molecule has 4 saturated carbocycles. The molecule has 1 aromatic rings. The molecule has 2 N–H and O–H groups in total. The molecule has 0 saturated heterocycles. The molecule has 4 fully saturated rings. The first-order valence-electron chi connectivity index (χ1n) is 21.7. The van der Waals surface area contributed by atoms with Crippen LogP contribution in [-0.4, -0.2) is 46.6 Å². The highest BCUT2D eigenvalue weighted by molar-refractivity contribution is 5.85. The number of hydrogen-bond donors (Lipinski definition) is 2. The summed E-state index contributed by atoms with van der Waals surface area (Å²) in [6, 6.07) is 10.7. The molecule has 0 radical (unpaired) electrons. The van der Waals surface area contributed by atoms with Crippen LogP contribution in [0.2, 0.25) is 0 Å². The summed E-state index contributed by atoms with van der Waals surface area (Å²) < 4.78 is 12.2. The van der Waals surface area contributed by atoms with E-state index in [0.29, 0.717) is 37.5 Å². The first-order valence-corrected chi connectivity index (χ1v) is 21.7. The molecule has 2 bridgehead atoms. The van der Waals surface area contributed by atoms with Gasteiger partial charge in [-0.1, -0.05) is 115 Å². The fourth-order valence-electron chi connectivity index (χ4n) is 13.1. The van der Waals surface area contributed by atoms with Crippen molar-refractivity contribution in [3.05, 3.63) is 59.7 Å². The van der Waals surface area contributed by atoms with E-state index in [0.717, 1.165) is 82.6 Å². The number of aryl methyl sites for hydroxylation is 1. The van der Waals surface area contributed by atoms with Gasteiger partial charge in [0.15, 0.2) is 0 Å². The standard InChI is InChI=1S/C47H68O6/c1-33(14-13-17-34-15-7-4-8-16-34)22-23-38-25-27-44(2)31-39(53-43(50)36-18-9-5-10-19-36)42-45(3,37-20-11-6-12-21-37)28-26-40(48)47(38,42)46(44,51)29-24-35-30-41(49)52-32-35/h4,7-8,15-16,25,27,30,33,36-40,42,48,51H,5-6,9-14,17-24,26,28-29,31-32H2,1-3H3. The van der Waals surface area contributed by atoms with Crippen LogP contribution in [0.5, 0.6) is 0 Å². The monoisotopic (exact) mass is 729 g/mol. The number of aliphatic hydroxyl groups is 2. The van der Waals surface area contributed by atoms with E-state index < -0.39 is 22.5 Å². The molecule has 1 heterocycles. The Hall–Kier alpha value is -2.44. The van der Waals surface area contributed by atoms with Crippen molar-refractivity contribution in [2.24, 2.45) is 45.8 Å². The van der Waals surface area contributed by atoms with Gasteiger partial charge in [0.1, 0.15) is 12.7 Å². The van der Waals surface area contributed by atoms with Crippen LogP contribution in [0.15, 0.2) is 54.1 Å². The Balaban J connectivity index is 1.27. The highest BCUT2D eigenvalue weighted by Gasteiger charge is 2.78. The number of benzene rings is 1. The zero-order chi connectivity index (χ0) is 37.3. The van der Waals surface area contributed by atoms with Crippen molar-refractivity contribution < 1.29 is 29.3 Å². The maximum atomic E-state index is 14.2. The molecular weight excluding hydrogens is 661 g/mol. The summed E-state index contributed by atoms with van der Waals surface area (Å²) in [4.78, 5) is 26.4. The topological polar surface area (TPSA) is 93.1 Å². The fraction of sp³-hybridized carbons (Fsp3) is 0.745. The fourth-order valence-corrected chi connectivity index (χ4v) is 13.1. The number of hydrogen-bond acceptors (Lipinski definition) is 6. The van der Waals surface area contributed by atoms with Crippen LogP contribution in [0.3, 0.4) is 0 Å². The third-order valence-corrected chi connectivity index (χ3v) is 16.0. The lowest BCUT2D eigenvalue weighted by Crippen LogP contribution is -2.79. The predicted molar refractivity (Wildman–Crippen MR) is 209 cm³/mol. The highest BCUT2D eigenvalue weighted by Crippen LogP contribution is 2.74. The maximum Gasteiger partial charge on any atom is 0.331 e. The molecule has 5 aliphatic carbocycles. The summed E-state index contributed by atoms with van der Waals surface area (Å²) in [6.45, 7) is 7.26. The van der Waals surface area contributed by atoms with Gasteiger partial charge in [-0.15, -0.1) is 0 Å². The van der Waals surface area contributed by atoms with Crippen LogP contribution in [0.25, 0.3) is 0 Å². The number of allylic oxidation sites excluding steroid dienone is 1. The van der Waals surface area contributed by atoms with Crippen molar-refractivity contribution in [3.63, 3.8) is 0 Å². The van der Waals surface area contributed by atoms with Crippen molar-refractivity contribution >= 4 is 11.9 Å². The quantitative estimate of drug-likeness (QED) is 0.155. The Kier molecular flexibility index (Phi) is 11.7. The first-order chi connectivity index (χ1) is 25.5. The molecule has 9 unspecified atom stereocenters. The van der Waals surface area contributed by atoms with Crippen molar-refractivity contribution in [2.45, 2.75) is 167 Å². The van der Waals surface area contributed by atoms with E-state index in [2.05, 4.69) is 63.3 Å². The van der Waals surface area contributed by atoms with Gasteiger partial charge in [-0.05, 0) is 111 Å². The largest absolute Gasteiger partial charge is 0.462 e. The van der Waals surface area contributed by atoms with Crippen molar-refractivity contribution in [1.82, 2.24) is 0 Å². The Labute approximate surface area is 319 Å². The van der Waals surface area contributed by atoms with Gasteiger partial charge in [0.2, 0.25) is 0 Å². The van der Waals surface area contributed by atoms with Gasteiger partial charge in [-0.25, -0.2) is 4.79 Å². The second-order valence-corrected chi connectivity index (χ2v) is 19.0. The van der Waals surface area contributed by atoms with Gasteiger partial charge in [0, 0.05) is 22.8 Å². The molecule has 0 aromatic heterocycles. The third-order valence-electron chi connectivity index (χ3n) is 16.0. The minimum Gasteiger partial charge on any atom is -0.462 e. The normalized spacial score (nSPS) is 38.1. The molecule has 9 atom stereocenters. The van der Waals surface area contributed by atoms with Crippen LogP contribution in [0.1, 0.15) is 148 Å². The van der Waals surface area contributed by atoms with Crippen LogP contribution in [0.4, 0.5) is 0 Å². The van der Waals surface area contributed by atoms with E-state index in [9.17, 15) is 19.8 Å². The number of rotatable bonds is 13. The average molecular weight is 729 g/mol. The lowest BCUT2D eigenvalue weighted by Gasteiger charge is -2.74. The van der Waals surface area contributed by atoms with Crippen molar-refractivity contribution in [1.29, 1.82) is 0 Å². The molecule has 6 heteroatoms. The Morgan fingerprint density at radius 2 is 1.68 bits per heavy atom. The molecule has 1 aromatic carbocycles. The number of aliphatic hydroxyl groups excluding tert-OH is 1. The molecule has 0 amide bonds. The molecule has 1 spiro atoms. The van der Waals surface area contributed by atoms with Crippen molar-refractivity contribution in [3.8, 4) is 0 Å². The minimum atomic E-state index is -1.27. The van der Waals surface area contributed by atoms with Gasteiger partial charge in [-0.2, -0.15) is 0 Å². The van der Waals surface area contributed by atoms with E-state index in [-0.39, 0.29) is 47.8 Å². The van der Waals surface area contributed by atoms with Crippen LogP contribution < -0.4 is 0 Å². The lowest BCUT2D eigenvalue weighted by atomic mass is 9.32. The van der Waals surface area contributed by atoms with Gasteiger partial charge < -0.3 is 19.7 Å². The summed E-state index contributed by atoms with van der Waals surface area (Å²) in [7, 11) is 0. The summed E-state index contributed by atoms with van der Waals surface area (Å²) >= 11 is 0. The smallest absolute Gasteiger partial charge is 0.331 e. The number of carbonyl (C=O) groups is 2. The van der Waals surface area contributed by atoms with Gasteiger partial charge in [-0.3, -0.25) is 4.79 Å². The number of ether oxygens (including phenoxy) is 2. The summed E-state index contributed by atoms with van der Waals surface area (Å²) in [6.07, 6.45) is 24.6. The number of fused-ring (bicyclic) bond motifs is 1. The van der Waals surface area contributed by atoms with E-state index in [1.807, 2.05) is 0 Å². The van der Waals surface area contributed by atoms with E-state index in [1.165, 1.54) is 31.2 Å². The molecule has 292 valence electrons. The van der Waals surface area contributed by atoms with Crippen molar-refractivity contribution in [2.75, 3.05) is 6.61 Å². The van der Waals surface area contributed by atoms with Gasteiger partial charge in [0.25, 0.3) is 0 Å². The van der Waals surface area contributed by atoms with Crippen LogP contribution >= 0.6 is 0 Å². The lowest BCUT2D eigenvalue weighted by molar-refractivity contribution is -0.332. The first kappa shape index (κ1) is 38.8. The molecule has 7 rings (SSSR count). The molecule has 6 aliphatic rings. The summed E-state index contributed by atoms with van der Waals surface area (Å²) in [5.74, 6) is 0.304. The highest BCUT2D eigenvalue weighted by atomic mass is 16.5. The zero-order valence-corrected chi connectivity index (χ0v) is 33.0. The molecule has 1 aliphatic heterocycles. The number of cyclic esters (lactones) is 1. The Bertz CT molecular complexity index is 1490. The van der Waals surface area contributed by atoms with Crippen LogP contribution in [0, 0.1) is 45.8 Å². The summed E-state index contributed by atoms with van der Waals surface area (Å²) in [5.41, 5.74) is -0.774. The van der Waals surface area contributed by atoms with Gasteiger partial charge >= 0.3 is 11.9 Å². The van der Waals surface area contributed by atoms with Crippen LogP contribution in [-0.2, 0) is 25.5 Å². The SMILES string of the molecule is CC(CCCc1ccccc1)CCC1C=CC2(C)CC(OC(=O)C3CCCCC3)C3C(C)(C4CCCCC4)CCC(O)C13C2(O)CCC1=CC(=O)OC1. The predicted octanol–water partition coefficient (Wildman–Crippen LogP) is 9.85. The van der Waals surface area contributed by atoms with E-state index in [4.69, 9.17) is 9.47 Å². The Morgan fingerprint density at radius 1 is 0.962 bits per heavy atom. The van der Waals surface area contributed by atoms with E-state index in [1.54, 1.807) is 6.08 Å². The Morgan fingerprint density at radius 3 is 2.38 bits per heavy atom. The minimum absolute atomic E-state index is 0.0534. The zero-order valence-electron chi connectivity index (χ0n) is 33.0. The number of esters is 2. The van der Waals surface area contributed by atoms with Gasteiger partial charge in [0.05, 0.1) is 17.6 Å². The third kappa shape index (κ3) is 7.23. The second kappa shape index (κ2) is 16.0. The summed E-state index contributed by atoms with van der Waals surface area (Å²) in [5, 5.41) is 26.8. The molecule has 53 heavy (non-hydrogen) atoms. The number of carbonyl (C=O) groups excluding carboxylic acids is 2. The van der Waals surface area contributed by atoms with E-state index >= 15 is 0 Å².